The predicted molar refractivity (Wildman–Crippen MR) is 78.0 cm³/mol. The predicted octanol–water partition coefficient (Wildman–Crippen LogP) is 1.27. The molecular formula is C14H19N3O4. The van der Waals surface area contributed by atoms with Gasteiger partial charge in [-0.2, -0.15) is 0 Å². The molecule has 1 aromatic rings. The van der Waals surface area contributed by atoms with Crippen LogP contribution in [0.5, 0.6) is 5.75 Å². The van der Waals surface area contributed by atoms with Gasteiger partial charge in [0.05, 0.1) is 18.4 Å². The van der Waals surface area contributed by atoms with Gasteiger partial charge in [0.1, 0.15) is 5.75 Å². The Hall–Kier alpha value is -2.28. The topological polar surface area (TPSA) is 99.7 Å². The smallest absolute Gasteiger partial charge is 0.335 e. The first-order valence-electron chi connectivity index (χ1n) is 6.79. The van der Waals surface area contributed by atoms with E-state index in [0.29, 0.717) is 11.4 Å². The van der Waals surface area contributed by atoms with Crippen molar-refractivity contribution in [1.82, 2.24) is 10.6 Å². The first-order chi connectivity index (χ1) is 10.1. The molecular weight excluding hydrogens is 274 g/mol. The third kappa shape index (κ3) is 4.09. The molecule has 4 N–H and O–H groups in total. The zero-order valence-corrected chi connectivity index (χ0v) is 11.8. The molecule has 0 saturated carbocycles. The van der Waals surface area contributed by atoms with E-state index in [-0.39, 0.29) is 17.6 Å². The summed E-state index contributed by atoms with van der Waals surface area (Å²) in [5.74, 6) is -0.639. The molecule has 0 spiro atoms. The maximum atomic E-state index is 12.0. The highest BCUT2D eigenvalue weighted by Gasteiger charge is 2.17. The summed E-state index contributed by atoms with van der Waals surface area (Å²) in [6, 6.07) is 4.09. The normalized spacial score (nSPS) is 15.3. The minimum Gasteiger partial charge on any atom is -0.495 e. The van der Waals surface area contributed by atoms with E-state index in [1.165, 1.54) is 25.3 Å². The van der Waals surface area contributed by atoms with Gasteiger partial charge in [0.25, 0.3) is 0 Å². The second-order valence-corrected chi connectivity index (χ2v) is 4.84. The van der Waals surface area contributed by atoms with Gasteiger partial charge >= 0.3 is 12.0 Å². The molecule has 1 fully saturated rings. The van der Waals surface area contributed by atoms with Crippen LogP contribution in [0.1, 0.15) is 23.2 Å². The molecule has 0 atom stereocenters. The third-order valence-corrected chi connectivity index (χ3v) is 3.37. The van der Waals surface area contributed by atoms with Gasteiger partial charge in [0.15, 0.2) is 0 Å². The maximum absolute atomic E-state index is 12.0. The molecule has 114 valence electrons. The number of methoxy groups -OCH3 is 1. The number of carboxylic acids is 1. The third-order valence-electron chi connectivity index (χ3n) is 3.37. The minimum atomic E-state index is -1.06. The number of nitrogens with one attached hydrogen (secondary N) is 3. The van der Waals surface area contributed by atoms with Crippen LogP contribution in [0.2, 0.25) is 0 Å². The van der Waals surface area contributed by atoms with Gasteiger partial charge in [0.2, 0.25) is 0 Å². The van der Waals surface area contributed by atoms with Crippen molar-refractivity contribution in [3.05, 3.63) is 23.8 Å². The van der Waals surface area contributed by atoms with E-state index in [0.717, 1.165) is 25.9 Å². The van der Waals surface area contributed by atoms with E-state index in [1.54, 1.807) is 0 Å². The summed E-state index contributed by atoms with van der Waals surface area (Å²) < 4.78 is 5.13. The number of urea groups is 1. The number of benzene rings is 1. The van der Waals surface area contributed by atoms with Crippen LogP contribution >= 0.6 is 0 Å². The van der Waals surface area contributed by atoms with Gasteiger partial charge in [-0.3, -0.25) is 0 Å². The van der Waals surface area contributed by atoms with E-state index < -0.39 is 5.97 Å². The highest BCUT2D eigenvalue weighted by Crippen LogP contribution is 2.25. The minimum absolute atomic E-state index is 0.0907. The zero-order chi connectivity index (χ0) is 15.2. The molecule has 7 heteroatoms. The molecule has 1 aliphatic heterocycles. The average Bonchev–Trinajstić information content (AvgIpc) is 2.48. The summed E-state index contributed by atoms with van der Waals surface area (Å²) >= 11 is 0. The number of hydrogen-bond donors (Lipinski definition) is 4. The van der Waals surface area contributed by atoms with Crippen LogP contribution in [0.3, 0.4) is 0 Å². The fourth-order valence-corrected chi connectivity index (χ4v) is 2.25. The van der Waals surface area contributed by atoms with Crippen LogP contribution in [0, 0.1) is 0 Å². The monoisotopic (exact) mass is 293 g/mol. The number of hydrogen-bond acceptors (Lipinski definition) is 4. The van der Waals surface area contributed by atoms with Crippen molar-refractivity contribution in [2.45, 2.75) is 18.9 Å². The lowest BCUT2D eigenvalue weighted by molar-refractivity contribution is 0.0697. The van der Waals surface area contributed by atoms with Crippen LogP contribution < -0.4 is 20.7 Å². The van der Waals surface area contributed by atoms with Crippen molar-refractivity contribution in [2.24, 2.45) is 0 Å². The van der Waals surface area contributed by atoms with E-state index in [4.69, 9.17) is 9.84 Å². The molecule has 2 rings (SSSR count). The molecule has 1 heterocycles. The number of carbonyl (C=O) groups excluding carboxylic acids is 1. The van der Waals surface area contributed by atoms with E-state index in [1.807, 2.05) is 0 Å². The van der Waals surface area contributed by atoms with Crippen molar-refractivity contribution in [3.63, 3.8) is 0 Å². The number of aromatic carboxylic acids is 1. The number of carboxylic acid groups (broad SMARTS) is 1. The Balaban J connectivity index is 2.04. The van der Waals surface area contributed by atoms with Crippen molar-refractivity contribution in [2.75, 3.05) is 25.5 Å². The van der Waals surface area contributed by atoms with E-state index >= 15 is 0 Å². The van der Waals surface area contributed by atoms with E-state index in [9.17, 15) is 9.59 Å². The van der Waals surface area contributed by atoms with Crippen molar-refractivity contribution in [3.8, 4) is 5.75 Å². The quantitative estimate of drug-likeness (QED) is 0.670. The van der Waals surface area contributed by atoms with Crippen LogP contribution in [0.25, 0.3) is 0 Å². The SMILES string of the molecule is COc1ccc(C(=O)O)cc1NC(=O)NC1CCNCC1. The number of amides is 2. The number of piperidine rings is 1. The lowest BCUT2D eigenvalue weighted by atomic mass is 10.1. The van der Waals surface area contributed by atoms with Gasteiger partial charge in [-0.15, -0.1) is 0 Å². The van der Waals surface area contributed by atoms with Crippen LogP contribution in [-0.4, -0.2) is 43.3 Å². The number of ether oxygens (including phenoxy) is 1. The molecule has 0 bridgehead atoms. The molecule has 0 aromatic heterocycles. The standard InChI is InChI=1S/C14H19N3O4/c1-21-12-3-2-9(13(18)19)8-11(12)17-14(20)16-10-4-6-15-7-5-10/h2-3,8,10,15H,4-7H2,1H3,(H,18,19)(H2,16,17,20). The highest BCUT2D eigenvalue weighted by atomic mass is 16.5. The number of rotatable bonds is 4. The fraction of sp³-hybridized carbons (Fsp3) is 0.429. The molecule has 1 aliphatic rings. The first kappa shape index (κ1) is 15.1. The van der Waals surface area contributed by atoms with Crippen molar-refractivity contribution in [1.29, 1.82) is 0 Å². The Morgan fingerprint density at radius 2 is 2.05 bits per heavy atom. The Morgan fingerprint density at radius 3 is 2.67 bits per heavy atom. The van der Waals surface area contributed by atoms with Gasteiger partial charge in [0, 0.05) is 6.04 Å². The summed E-state index contributed by atoms with van der Waals surface area (Å²) in [5, 5.41) is 17.7. The number of anilines is 1. The van der Waals surface area contributed by atoms with Crippen LogP contribution in [0.15, 0.2) is 18.2 Å². The molecule has 0 aliphatic carbocycles. The van der Waals surface area contributed by atoms with Gasteiger partial charge in [-0.25, -0.2) is 9.59 Å². The average molecular weight is 293 g/mol. The largest absolute Gasteiger partial charge is 0.495 e. The van der Waals surface area contributed by atoms with E-state index in [2.05, 4.69) is 16.0 Å². The molecule has 1 saturated heterocycles. The Labute approximate surface area is 122 Å². The van der Waals surface area contributed by atoms with Crippen LogP contribution in [-0.2, 0) is 0 Å². The first-order valence-corrected chi connectivity index (χ1v) is 6.79. The Kier molecular flexibility index (Phi) is 4.99. The summed E-state index contributed by atoms with van der Waals surface area (Å²) in [5.41, 5.74) is 0.428. The lowest BCUT2D eigenvalue weighted by Gasteiger charge is -2.24. The molecule has 7 nitrogen and oxygen atoms in total. The lowest BCUT2D eigenvalue weighted by Crippen LogP contribution is -2.44. The van der Waals surface area contributed by atoms with Gasteiger partial charge in [-0.1, -0.05) is 0 Å². The van der Waals surface area contributed by atoms with Crippen LogP contribution in [0.4, 0.5) is 10.5 Å². The van der Waals surface area contributed by atoms with Gasteiger partial charge < -0.3 is 25.8 Å². The molecule has 1 aromatic carbocycles. The molecule has 0 unspecified atom stereocenters. The summed E-state index contributed by atoms with van der Waals surface area (Å²) in [6.45, 7) is 1.76. The number of carbonyl (C=O) groups is 2. The fourth-order valence-electron chi connectivity index (χ4n) is 2.25. The second kappa shape index (κ2) is 6.94. The highest BCUT2D eigenvalue weighted by molar-refractivity contribution is 5.94. The summed E-state index contributed by atoms with van der Waals surface area (Å²) in [6.07, 6.45) is 1.75. The maximum Gasteiger partial charge on any atom is 0.335 e. The summed E-state index contributed by atoms with van der Waals surface area (Å²) in [4.78, 5) is 23.0. The summed E-state index contributed by atoms with van der Waals surface area (Å²) in [7, 11) is 1.46. The molecule has 21 heavy (non-hydrogen) atoms. The Bertz CT molecular complexity index is 527. The molecule has 2 amide bonds. The Morgan fingerprint density at radius 1 is 1.33 bits per heavy atom. The van der Waals surface area contributed by atoms with Crippen molar-refractivity contribution >= 4 is 17.7 Å². The molecule has 0 radical (unpaired) electrons. The van der Waals surface area contributed by atoms with Crippen molar-refractivity contribution < 1.29 is 19.4 Å². The second-order valence-electron chi connectivity index (χ2n) is 4.84. The van der Waals surface area contributed by atoms with Gasteiger partial charge in [-0.05, 0) is 44.1 Å². The zero-order valence-electron chi connectivity index (χ0n) is 11.8.